The molecule has 6 heteroatoms. The van der Waals surface area contributed by atoms with E-state index in [0.29, 0.717) is 11.0 Å². The van der Waals surface area contributed by atoms with Gasteiger partial charge in [-0.05, 0) is 31.9 Å². The lowest BCUT2D eigenvalue weighted by Crippen LogP contribution is -2.41. The Hall–Kier alpha value is -2.63. The first kappa shape index (κ1) is 18.2. The van der Waals surface area contributed by atoms with Crippen molar-refractivity contribution in [2.45, 2.75) is 57.6 Å². The summed E-state index contributed by atoms with van der Waals surface area (Å²) in [7, 11) is 0. The van der Waals surface area contributed by atoms with Gasteiger partial charge in [0.05, 0.1) is 5.39 Å². The van der Waals surface area contributed by atoms with Gasteiger partial charge in [-0.15, -0.1) is 0 Å². The number of fused-ring (bicyclic) bond motifs is 1. The van der Waals surface area contributed by atoms with Crippen molar-refractivity contribution in [3.8, 4) is 0 Å². The van der Waals surface area contributed by atoms with Gasteiger partial charge in [0.2, 0.25) is 5.76 Å². The molecule has 1 atom stereocenters. The summed E-state index contributed by atoms with van der Waals surface area (Å²) >= 11 is 0. The van der Waals surface area contributed by atoms with Gasteiger partial charge in [-0.1, -0.05) is 37.8 Å². The van der Waals surface area contributed by atoms with Crippen molar-refractivity contribution in [1.82, 2.24) is 5.32 Å². The number of esters is 1. The number of rotatable bonds is 4. The zero-order valence-electron chi connectivity index (χ0n) is 14.8. The fourth-order valence-corrected chi connectivity index (χ4v) is 3.22. The number of carbonyl (C=O) groups is 2. The van der Waals surface area contributed by atoms with Crippen molar-refractivity contribution in [1.29, 1.82) is 0 Å². The number of carbonyl (C=O) groups excluding carboxylic acids is 2. The highest BCUT2D eigenvalue weighted by atomic mass is 16.6. The Balaban J connectivity index is 1.65. The van der Waals surface area contributed by atoms with Crippen molar-refractivity contribution in [3.05, 3.63) is 46.3 Å². The van der Waals surface area contributed by atoms with Gasteiger partial charge in [0.15, 0.2) is 11.5 Å². The zero-order valence-corrected chi connectivity index (χ0v) is 14.8. The van der Waals surface area contributed by atoms with Crippen LogP contribution in [0.25, 0.3) is 11.0 Å². The number of benzene rings is 1. The number of nitrogens with one attached hydrogen (secondary N) is 1. The molecule has 1 saturated carbocycles. The van der Waals surface area contributed by atoms with Crippen molar-refractivity contribution in [2.75, 3.05) is 0 Å². The summed E-state index contributed by atoms with van der Waals surface area (Å²) in [5.74, 6) is -1.35. The smallest absolute Gasteiger partial charge is 0.375 e. The summed E-state index contributed by atoms with van der Waals surface area (Å²) in [5.41, 5.74) is -0.0168. The molecule has 2 aromatic rings. The van der Waals surface area contributed by atoms with E-state index in [1.54, 1.807) is 24.3 Å². The maximum atomic E-state index is 12.3. The Morgan fingerprint density at radius 3 is 2.58 bits per heavy atom. The summed E-state index contributed by atoms with van der Waals surface area (Å²) in [5, 5.41) is 3.34. The van der Waals surface area contributed by atoms with Crippen LogP contribution in [0.1, 0.15) is 56.0 Å². The second-order valence-electron chi connectivity index (χ2n) is 6.72. The molecule has 1 aromatic heterocycles. The van der Waals surface area contributed by atoms with Crippen LogP contribution in [0.15, 0.2) is 39.5 Å². The molecular weight excluding hydrogens is 334 g/mol. The molecular formula is C20H23NO5. The average Bonchev–Trinajstić information content (AvgIpc) is 2.90. The molecule has 1 fully saturated rings. The quantitative estimate of drug-likeness (QED) is 0.671. The number of amides is 1. The second-order valence-corrected chi connectivity index (χ2v) is 6.72. The molecule has 1 aliphatic rings. The fourth-order valence-electron chi connectivity index (χ4n) is 3.22. The van der Waals surface area contributed by atoms with Crippen LogP contribution in [0.3, 0.4) is 0 Å². The molecule has 1 heterocycles. The van der Waals surface area contributed by atoms with Crippen molar-refractivity contribution in [3.63, 3.8) is 0 Å². The van der Waals surface area contributed by atoms with E-state index >= 15 is 0 Å². The third-order valence-electron chi connectivity index (χ3n) is 4.69. The Morgan fingerprint density at radius 1 is 1.15 bits per heavy atom. The number of para-hydroxylation sites is 1. The highest BCUT2D eigenvalue weighted by molar-refractivity contribution is 5.91. The van der Waals surface area contributed by atoms with E-state index in [1.165, 1.54) is 19.8 Å². The zero-order chi connectivity index (χ0) is 18.5. The molecule has 0 spiro atoms. The predicted octanol–water partition coefficient (Wildman–Crippen LogP) is 3.18. The first-order chi connectivity index (χ1) is 12.5. The molecule has 1 amide bonds. The van der Waals surface area contributed by atoms with Crippen LogP contribution in [-0.4, -0.2) is 24.0 Å². The van der Waals surface area contributed by atoms with E-state index in [2.05, 4.69) is 5.32 Å². The molecule has 0 unspecified atom stereocenters. The Morgan fingerprint density at radius 2 is 1.85 bits per heavy atom. The molecule has 1 N–H and O–H groups in total. The minimum Gasteiger partial charge on any atom is -0.449 e. The molecule has 0 aliphatic heterocycles. The Kier molecular flexibility index (Phi) is 5.71. The third kappa shape index (κ3) is 4.31. The van der Waals surface area contributed by atoms with E-state index in [-0.39, 0.29) is 23.1 Å². The Bertz CT molecular complexity index is 849. The van der Waals surface area contributed by atoms with Gasteiger partial charge in [-0.2, -0.15) is 0 Å². The highest BCUT2D eigenvalue weighted by Crippen LogP contribution is 2.18. The maximum absolute atomic E-state index is 12.3. The molecule has 0 saturated heterocycles. The van der Waals surface area contributed by atoms with Gasteiger partial charge >= 0.3 is 5.97 Å². The molecule has 1 aliphatic carbocycles. The highest BCUT2D eigenvalue weighted by Gasteiger charge is 2.24. The molecule has 0 radical (unpaired) electrons. The summed E-state index contributed by atoms with van der Waals surface area (Å²) < 4.78 is 10.6. The standard InChI is InChI=1S/C20H23NO5/c1-13(19(23)21-14-8-4-2-3-5-9-14)25-20(24)18-12-16(22)15-10-6-7-11-17(15)26-18/h6-7,10-14H,2-5,8-9H2,1H3,(H,21,23)/t13-/m0/s1. The summed E-state index contributed by atoms with van der Waals surface area (Å²) in [6, 6.07) is 7.89. The summed E-state index contributed by atoms with van der Waals surface area (Å²) in [6.45, 7) is 1.52. The topological polar surface area (TPSA) is 85.6 Å². The number of hydrogen-bond acceptors (Lipinski definition) is 5. The van der Waals surface area contributed by atoms with E-state index in [1.807, 2.05) is 0 Å². The minimum atomic E-state index is -0.956. The number of ether oxygens (including phenoxy) is 1. The average molecular weight is 357 g/mol. The molecule has 26 heavy (non-hydrogen) atoms. The van der Waals surface area contributed by atoms with E-state index in [9.17, 15) is 14.4 Å². The second kappa shape index (κ2) is 8.17. The predicted molar refractivity (Wildman–Crippen MR) is 97.0 cm³/mol. The van der Waals surface area contributed by atoms with Crippen LogP contribution in [0, 0.1) is 0 Å². The van der Waals surface area contributed by atoms with Gasteiger partial charge in [-0.25, -0.2) is 4.79 Å². The lowest BCUT2D eigenvalue weighted by Gasteiger charge is -2.19. The first-order valence-electron chi connectivity index (χ1n) is 9.09. The van der Waals surface area contributed by atoms with Crippen molar-refractivity contribution in [2.24, 2.45) is 0 Å². The molecule has 0 bridgehead atoms. The summed E-state index contributed by atoms with van der Waals surface area (Å²) in [6.07, 6.45) is 5.53. The van der Waals surface area contributed by atoms with Gasteiger partial charge in [0.1, 0.15) is 5.58 Å². The monoisotopic (exact) mass is 357 g/mol. The maximum Gasteiger partial charge on any atom is 0.375 e. The van der Waals surface area contributed by atoms with Gasteiger partial charge in [0.25, 0.3) is 5.91 Å². The van der Waals surface area contributed by atoms with Crippen molar-refractivity contribution >= 4 is 22.8 Å². The molecule has 138 valence electrons. The van der Waals surface area contributed by atoms with Crippen LogP contribution < -0.4 is 10.7 Å². The Labute approximate surface area is 151 Å². The van der Waals surface area contributed by atoms with Gasteiger partial charge < -0.3 is 14.5 Å². The largest absolute Gasteiger partial charge is 0.449 e. The summed E-state index contributed by atoms with van der Waals surface area (Å²) in [4.78, 5) is 36.6. The third-order valence-corrected chi connectivity index (χ3v) is 4.69. The molecule has 3 rings (SSSR count). The lowest BCUT2D eigenvalue weighted by atomic mass is 10.1. The minimum absolute atomic E-state index is 0.129. The van der Waals surface area contributed by atoms with Crippen LogP contribution in [0.4, 0.5) is 0 Å². The molecule has 1 aromatic carbocycles. The van der Waals surface area contributed by atoms with E-state index in [0.717, 1.165) is 31.7 Å². The first-order valence-corrected chi connectivity index (χ1v) is 9.09. The van der Waals surface area contributed by atoms with Crippen molar-refractivity contribution < 1.29 is 18.7 Å². The lowest BCUT2D eigenvalue weighted by molar-refractivity contribution is -0.130. The van der Waals surface area contributed by atoms with Gasteiger partial charge in [-0.3, -0.25) is 9.59 Å². The van der Waals surface area contributed by atoms with Gasteiger partial charge in [0, 0.05) is 12.1 Å². The SMILES string of the molecule is C[C@H](OC(=O)c1cc(=O)c2ccccc2o1)C(=O)NC1CCCCCC1. The van der Waals surface area contributed by atoms with E-state index < -0.39 is 12.1 Å². The van der Waals surface area contributed by atoms with Crippen LogP contribution >= 0.6 is 0 Å². The van der Waals surface area contributed by atoms with Crippen LogP contribution in [-0.2, 0) is 9.53 Å². The van der Waals surface area contributed by atoms with Crippen LogP contribution in [0.5, 0.6) is 0 Å². The normalized spacial score (nSPS) is 16.7. The molecule has 6 nitrogen and oxygen atoms in total. The van der Waals surface area contributed by atoms with Crippen LogP contribution in [0.2, 0.25) is 0 Å². The fraction of sp³-hybridized carbons (Fsp3) is 0.450. The number of hydrogen-bond donors (Lipinski definition) is 1. The van der Waals surface area contributed by atoms with E-state index in [4.69, 9.17) is 9.15 Å².